The molecule has 0 aliphatic carbocycles. The fraction of sp³-hybridized carbons (Fsp3) is 0.661. The van der Waals surface area contributed by atoms with Gasteiger partial charge in [-0.05, 0) is 89.9 Å². The van der Waals surface area contributed by atoms with Crippen molar-refractivity contribution in [3.8, 4) is 0 Å². The second kappa shape index (κ2) is 46.7. The molecule has 0 saturated heterocycles. The van der Waals surface area contributed by atoms with Crippen LogP contribution in [-0.4, -0.2) is 87.4 Å². The van der Waals surface area contributed by atoms with Gasteiger partial charge in [0.15, 0.2) is 6.10 Å². The molecule has 0 heterocycles. The summed E-state index contributed by atoms with van der Waals surface area (Å²) in [6.07, 6.45) is 59.0. The van der Waals surface area contributed by atoms with E-state index in [0.29, 0.717) is 17.4 Å². The van der Waals surface area contributed by atoms with Crippen molar-refractivity contribution in [3.63, 3.8) is 0 Å². The second-order valence-electron chi connectivity index (χ2n) is 17.7. The highest BCUT2D eigenvalue weighted by atomic mass is 16.7. The van der Waals surface area contributed by atoms with Gasteiger partial charge in [0.05, 0.1) is 34.4 Å². The van der Waals surface area contributed by atoms with E-state index in [4.69, 9.17) is 18.9 Å². The van der Waals surface area contributed by atoms with Crippen molar-refractivity contribution >= 4 is 17.9 Å². The third-order valence-electron chi connectivity index (χ3n) is 10.3. The van der Waals surface area contributed by atoms with Gasteiger partial charge in [0, 0.05) is 12.8 Å². The SMILES string of the molecule is CC/C=C\C/C=C\C/C=C\C/C=C\C/C=C\C/C=C\CCCCCCCCCCC(=O)OC(COC(=O)CCCCCCC/C=C\C/C=C\CCC)COC(OCC[N+](C)(C)C)C(=O)O. The first-order valence-corrected chi connectivity index (χ1v) is 25.4. The Kier molecular flexibility index (Phi) is 44.0. The van der Waals surface area contributed by atoms with Crippen LogP contribution in [0.1, 0.15) is 181 Å². The van der Waals surface area contributed by atoms with Crippen LogP contribution in [0.15, 0.2) is 97.2 Å². The lowest BCUT2D eigenvalue weighted by Crippen LogP contribution is -2.40. The maximum Gasteiger partial charge on any atom is 0.361 e. The molecule has 0 amide bonds. The van der Waals surface area contributed by atoms with Crippen LogP contribution in [0.25, 0.3) is 0 Å². The smallest absolute Gasteiger partial charge is 0.361 e. The molecule has 0 aromatic heterocycles. The predicted octanol–water partition coefficient (Wildman–Crippen LogP) is 14.2. The number of carboxylic acid groups (broad SMARTS) is 1. The maximum absolute atomic E-state index is 12.8. The van der Waals surface area contributed by atoms with Crippen molar-refractivity contribution in [1.29, 1.82) is 0 Å². The van der Waals surface area contributed by atoms with E-state index in [2.05, 4.69) is 111 Å². The average molecular weight is 909 g/mol. The molecular formula is C56H94NO8+. The summed E-state index contributed by atoms with van der Waals surface area (Å²) >= 11 is 0. The Morgan fingerprint density at radius 2 is 0.877 bits per heavy atom. The molecule has 0 aromatic rings. The van der Waals surface area contributed by atoms with Gasteiger partial charge in [-0.2, -0.15) is 0 Å². The number of carbonyl (C=O) groups is 3. The zero-order valence-corrected chi connectivity index (χ0v) is 41.9. The summed E-state index contributed by atoms with van der Waals surface area (Å²) in [7, 11) is 5.94. The minimum atomic E-state index is -1.52. The van der Waals surface area contributed by atoms with E-state index in [9.17, 15) is 19.5 Å². The van der Waals surface area contributed by atoms with Crippen LogP contribution in [0, 0.1) is 0 Å². The highest BCUT2D eigenvalue weighted by molar-refractivity contribution is 5.71. The lowest BCUT2D eigenvalue weighted by Gasteiger charge is -2.25. The first-order valence-electron chi connectivity index (χ1n) is 25.4. The van der Waals surface area contributed by atoms with Crippen LogP contribution in [0.3, 0.4) is 0 Å². The molecule has 0 rings (SSSR count). The molecule has 2 unspecified atom stereocenters. The van der Waals surface area contributed by atoms with Gasteiger partial charge in [0.1, 0.15) is 13.2 Å². The van der Waals surface area contributed by atoms with Gasteiger partial charge in [-0.25, -0.2) is 4.79 Å². The Bertz CT molecular complexity index is 1380. The Balaban J connectivity index is 4.34. The largest absolute Gasteiger partial charge is 0.477 e. The molecule has 1 N–H and O–H groups in total. The number of likely N-dealkylation sites (N-methyl/N-ethyl adjacent to an activating group) is 1. The van der Waals surface area contributed by atoms with Crippen LogP contribution in [-0.2, 0) is 33.3 Å². The Morgan fingerprint density at radius 3 is 1.31 bits per heavy atom. The fourth-order valence-electron chi connectivity index (χ4n) is 6.41. The van der Waals surface area contributed by atoms with Crippen molar-refractivity contribution in [1.82, 2.24) is 0 Å². The molecule has 0 saturated carbocycles. The van der Waals surface area contributed by atoms with Crippen LogP contribution in [0.2, 0.25) is 0 Å². The summed E-state index contributed by atoms with van der Waals surface area (Å²) in [6.45, 7) is 4.64. The van der Waals surface area contributed by atoms with E-state index in [-0.39, 0.29) is 38.6 Å². The quantitative estimate of drug-likeness (QED) is 0.0212. The summed E-state index contributed by atoms with van der Waals surface area (Å²) < 4.78 is 22.8. The molecule has 0 spiro atoms. The van der Waals surface area contributed by atoms with Crippen molar-refractivity contribution in [2.24, 2.45) is 0 Å². The first kappa shape index (κ1) is 61.2. The van der Waals surface area contributed by atoms with Gasteiger partial charge in [0.25, 0.3) is 6.29 Å². The minimum Gasteiger partial charge on any atom is -0.477 e. The van der Waals surface area contributed by atoms with Crippen LogP contribution >= 0.6 is 0 Å². The molecular weight excluding hydrogens is 815 g/mol. The maximum atomic E-state index is 12.8. The normalized spacial score (nSPS) is 13.7. The number of hydrogen-bond acceptors (Lipinski definition) is 7. The molecule has 0 aliphatic heterocycles. The summed E-state index contributed by atoms with van der Waals surface area (Å²) in [4.78, 5) is 37.2. The van der Waals surface area contributed by atoms with E-state index in [1.54, 1.807) is 0 Å². The van der Waals surface area contributed by atoms with Gasteiger partial charge in [-0.15, -0.1) is 0 Å². The van der Waals surface area contributed by atoms with Gasteiger partial charge in [-0.1, -0.05) is 175 Å². The average Bonchev–Trinajstić information content (AvgIpc) is 3.27. The summed E-state index contributed by atoms with van der Waals surface area (Å²) in [5.74, 6) is -2.05. The first-order chi connectivity index (χ1) is 31.6. The summed E-state index contributed by atoms with van der Waals surface area (Å²) in [6, 6.07) is 0. The van der Waals surface area contributed by atoms with Crippen LogP contribution in [0.4, 0.5) is 0 Å². The van der Waals surface area contributed by atoms with E-state index in [1.807, 2.05) is 21.1 Å². The number of allylic oxidation sites excluding steroid dienone is 16. The monoisotopic (exact) mass is 909 g/mol. The number of ether oxygens (including phenoxy) is 4. The molecule has 0 radical (unpaired) electrons. The minimum absolute atomic E-state index is 0.178. The topological polar surface area (TPSA) is 108 Å². The van der Waals surface area contributed by atoms with Crippen molar-refractivity contribution < 1.29 is 42.9 Å². The number of esters is 2. The van der Waals surface area contributed by atoms with E-state index in [0.717, 1.165) is 116 Å². The highest BCUT2D eigenvalue weighted by Gasteiger charge is 2.25. The van der Waals surface area contributed by atoms with Crippen LogP contribution < -0.4 is 0 Å². The zero-order valence-electron chi connectivity index (χ0n) is 41.9. The molecule has 0 bridgehead atoms. The number of unbranched alkanes of at least 4 members (excludes halogenated alkanes) is 14. The summed E-state index contributed by atoms with van der Waals surface area (Å²) in [5.41, 5.74) is 0. The van der Waals surface area contributed by atoms with Crippen LogP contribution in [0.5, 0.6) is 0 Å². The summed E-state index contributed by atoms with van der Waals surface area (Å²) in [5, 5.41) is 9.66. The van der Waals surface area contributed by atoms with Gasteiger partial charge < -0.3 is 28.5 Å². The number of quaternary nitrogens is 1. The number of hydrogen-bond donors (Lipinski definition) is 1. The second-order valence-corrected chi connectivity index (χ2v) is 17.7. The van der Waals surface area contributed by atoms with Gasteiger partial charge >= 0.3 is 17.9 Å². The lowest BCUT2D eigenvalue weighted by atomic mass is 10.1. The molecule has 9 heteroatoms. The van der Waals surface area contributed by atoms with Crippen molar-refractivity contribution in [2.75, 3.05) is 47.5 Å². The number of aliphatic carboxylic acids is 1. The standard InChI is InChI=1S/C56H93NO8/c1-6-8-10-12-14-16-18-20-21-22-23-24-25-26-27-28-29-30-31-32-33-35-37-39-41-43-45-47-54(59)65-52(51-64-56(55(60)61)62-49-48-57(3,4)5)50-63-53(58)46-44-42-40-38-36-34-19-17-15-13-11-9-7-2/h8,10-11,13-14,16-17,19-21,23-24,26-27,29-30,52,56H,6-7,9,12,15,18,22,25,28,31-51H2,1-5H3/p+1/b10-8-,13-11-,16-14-,19-17-,21-20-,24-23-,27-26-,30-29-. The number of carboxylic acids is 1. The predicted molar refractivity (Wildman–Crippen MR) is 272 cm³/mol. The zero-order chi connectivity index (χ0) is 47.7. The lowest BCUT2D eigenvalue weighted by molar-refractivity contribution is -0.870. The van der Waals surface area contributed by atoms with Crippen molar-refractivity contribution in [3.05, 3.63) is 97.2 Å². The van der Waals surface area contributed by atoms with Gasteiger partial charge in [-0.3, -0.25) is 9.59 Å². The number of carbonyl (C=O) groups excluding carboxylic acids is 2. The molecule has 370 valence electrons. The molecule has 0 aromatic carbocycles. The van der Waals surface area contributed by atoms with Gasteiger partial charge in [0.2, 0.25) is 0 Å². The molecule has 0 fully saturated rings. The van der Waals surface area contributed by atoms with E-state index >= 15 is 0 Å². The Labute approximate surface area is 397 Å². The van der Waals surface area contributed by atoms with E-state index < -0.39 is 24.3 Å². The number of rotatable bonds is 45. The molecule has 65 heavy (non-hydrogen) atoms. The third-order valence-corrected chi connectivity index (χ3v) is 10.3. The molecule has 0 aliphatic rings. The molecule has 2 atom stereocenters. The highest BCUT2D eigenvalue weighted by Crippen LogP contribution is 2.13. The van der Waals surface area contributed by atoms with Crippen molar-refractivity contribution in [2.45, 2.75) is 193 Å². The van der Waals surface area contributed by atoms with E-state index in [1.165, 1.54) is 32.1 Å². The molecule has 9 nitrogen and oxygen atoms in total. The third kappa shape index (κ3) is 48.0. The Hall–Kier alpha value is -3.79. The number of nitrogens with zero attached hydrogens (tertiary/aromatic N) is 1. The fourth-order valence-corrected chi connectivity index (χ4v) is 6.41. The Morgan fingerprint density at radius 1 is 0.477 bits per heavy atom.